The lowest BCUT2D eigenvalue weighted by Gasteiger charge is -2.33. The normalized spacial score (nSPS) is 14.5. The van der Waals surface area contributed by atoms with Crippen LogP contribution < -0.4 is 10.5 Å². The van der Waals surface area contributed by atoms with Gasteiger partial charge in [0.25, 0.3) is 5.56 Å². The summed E-state index contributed by atoms with van der Waals surface area (Å²) in [5.74, 6) is 0.670. The summed E-state index contributed by atoms with van der Waals surface area (Å²) in [5, 5.41) is 18.8. The molecule has 5 rings (SSSR count). The van der Waals surface area contributed by atoms with Crippen molar-refractivity contribution in [3.8, 4) is 17.3 Å². The van der Waals surface area contributed by atoms with Gasteiger partial charge in [-0.05, 0) is 29.3 Å². The second-order valence-electron chi connectivity index (χ2n) is 8.18. The number of nitriles is 1. The average molecular weight is 441 g/mol. The zero-order chi connectivity index (χ0) is 22.8. The highest BCUT2D eigenvalue weighted by Crippen LogP contribution is 2.23. The minimum Gasteiger partial charge on any atom is -0.408 e. The van der Waals surface area contributed by atoms with E-state index in [9.17, 15) is 10.1 Å². The molecule has 0 unspecified atom stereocenters. The zero-order valence-corrected chi connectivity index (χ0v) is 18.4. The maximum atomic E-state index is 12.5. The van der Waals surface area contributed by atoms with Crippen molar-refractivity contribution in [3.63, 3.8) is 0 Å². The highest BCUT2D eigenvalue weighted by molar-refractivity contribution is 5.89. The van der Waals surface area contributed by atoms with E-state index in [1.54, 1.807) is 18.2 Å². The standard InChI is InChI=1S/C25H24N6O2/c1-2-23-28-29-25(33-23)31-12-10-30(11-13-31)16-17-6-8-18(9-7-17)22-14-21-19(15-26)4-3-5-20(21)24(32)27-22/h3-9,14H,2,10-13,16H2,1H3,(H,27,32). The van der Waals surface area contributed by atoms with Gasteiger partial charge >= 0.3 is 6.01 Å². The lowest BCUT2D eigenvalue weighted by molar-refractivity contribution is 0.245. The molecule has 166 valence electrons. The molecule has 8 nitrogen and oxygen atoms in total. The third kappa shape index (κ3) is 4.23. The Hall–Kier alpha value is -3.96. The first kappa shape index (κ1) is 20.9. The molecule has 0 saturated carbocycles. The summed E-state index contributed by atoms with van der Waals surface area (Å²) in [7, 11) is 0. The van der Waals surface area contributed by atoms with E-state index in [2.05, 4.69) is 43.2 Å². The Morgan fingerprint density at radius 3 is 2.55 bits per heavy atom. The largest absolute Gasteiger partial charge is 0.408 e. The molecule has 0 spiro atoms. The van der Waals surface area contributed by atoms with E-state index in [0.717, 1.165) is 44.7 Å². The van der Waals surface area contributed by atoms with Crippen LogP contribution in [0.1, 0.15) is 23.9 Å². The molecule has 1 saturated heterocycles. The van der Waals surface area contributed by atoms with E-state index in [1.165, 1.54) is 5.56 Å². The van der Waals surface area contributed by atoms with Crippen LogP contribution in [0, 0.1) is 11.3 Å². The molecule has 4 aromatic rings. The summed E-state index contributed by atoms with van der Waals surface area (Å²) in [6.45, 7) is 6.39. The van der Waals surface area contributed by atoms with Crippen LogP contribution in [0.15, 0.2) is 57.7 Å². The number of aromatic nitrogens is 3. The van der Waals surface area contributed by atoms with Crippen LogP contribution in [-0.2, 0) is 13.0 Å². The fraction of sp³-hybridized carbons (Fsp3) is 0.280. The first-order chi connectivity index (χ1) is 16.1. The quantitative estimate of drug-likeness (QED) is 0.508. The molecule has 0 radical (unpaired) electrons. The highest BCUT2D eigenvalue weighted by Gasteiger charge is 2.21. The Balaban J connectivity index is 1.27. The first-order valence-corrected chi connectivity index (χ1v) is 11.1. The number of hydrogen-bond donors (Lipinski definition) is 1. The predicted molar refractivity (Wildman–Crippen MR) is 126 cm³/mol. The third-order valence-corrected chi connectivity index (χ3v) is 6.08. The van der Waals surface area contributed by atoms with E-state index >= 15 is 0 Å². The molecule has 8 heteroatoms. The van der Waals surface area contributed by atoms with Crippen LogP contribution in [0.3, 0.4) is 0 Å². The minimum atomic E-state index is -0.186. The number of rotatable bonds is 5. The summed E-state index contributed by atoms with van der Waals surface area (Å²) in [4.78, 5) is 20.0. The number of pyridine rings is 1. The lowest BCUT2D eigenvalue weighted by Crippen LogP contribution is -2.46. The van der Waals surface area contributed by atoms with Gasteiger partial charge in [0.15, 0.2) is 0 Å². The second-order valence-corrected chi connectivity index (χ2v) is 8.18. The predicted octanol–water partition coefficient (Wildman–Crippen LogP) is 3.33. The van der Waals surface area contributed by atoms with Crippen molar-refractivity contribution in [2.75, 3.05) is 31.1 Å². The van der Waals surface area contributed by atoms with E-state index in [1.807, 2.05) is 25.1 Å². The molecule has 33 heavy (non-hydrogen) atoms. The number of fused-ring (bicyclic) bond motifs is 1. The van der Waals surface area contributed by atoms with Gasteiger partial charge < -0.3 is 14.3 Å². The molecular formula is C25H24N6O2. The lowest BCUT2D eigenvalue weighted by atomic mass is 10.0. The number of nitrogens with zero attached hydrogens (tertiary/aromatic N) is 5. The maximum absolute atomic E-state index is 12.5. The van der Waals surface area contributed by atoms with Gasteiger partial charge in [-0.25, -0.2) is 0 Å². The number of aryl methyl sites for hydroxylation is 1. The number of hydrogen-bond acceptors (Lipinski definition) is 7. The van der Waals surface area contributed by atoms with Crippen molar-refractivity contribution >= 4 is 16.8 Å². The Morgan fingerprint density at radius 1 is 1.06 bits per heavy atom. The first-order valence-electron chi connectivity index (χ1n) is 11.1. The summed E-state index contributed by atoms with van der Waals surface area (Å²) in [6.07, 6.45) is 0.746. The molecule has 2 aromatic carbocycles. The summed E-state index contributed by atoms with van der Waals surface area (Å²) in [5.41, 5.74) is 3.15. The number of aromatic amines is 1. The molecule has 0 atom stereocenters. The van der Waals surface area contributed by atoms with Crippen LogP contribution >= 0.6 is 0 Å². The molecular weight excluding hydrogens is 416 g/mol. The van der Waals surface area contributed by atoms with Crippen LogP contribution in [-0.4, -0.2) is 46.3 Å². The van der Waals surface area contributed by atoms with E-state index < -0.39 is 0 Å². The van der Waals surface area contributed by atoms with Gasteiger partial charge in [-0.15, -0.1) is 5.10 Å². The number of H-pyrrole nitrogens is 1. The van der Waals surface area contributed by atoms with Gasteiger partial charge in [-0.2, -0.15) is 5.26 Å². The number of piperazine rings is 1. The molecule has 1 N–H and O–H groups in total. The maximum Gasteiger partial charge on any atom is 0.318 e. The Labute approximate surface area is 191 Å². The number of anilines is 1. The van der Waals surface area contributed by atoms with Crippen LogP contribution in [0.5, 0.6) is 0 Å². The topological polar surface area (TPSA) is 102 Å². The minimum absolute atomic E-state index is 0.186. The van der Waals surface area contributed by atoms with Gasteiger partial charge in [0.05, 0.1) is 11.6 Å². The molecule has 2 aromatic heterocycles. The van der Waals surface area contributed by atoms with Crippen molar-refractivity contribution in [1.29, 1.82) is 5.26 Å². The van der Waals surface area contributed by atoms with Crippen molar-refractivity contribution in [3.05, 3.63) is 75.9 Å². The third-order valence-electron chi connectivity index (χ3n) is 6.08. The summed E-state index contributed by atoms with van der Waals surface area (Å²) in [6, 6.07) is 18.1. The Kier molecular flexibility index (Phi) is 5.63. The molecule has 0 aliphatic carbocycles. The van der Waals surface area contributed by atoms with Gasteiger partial charge in [-0.1, -0.05) is 42.4 Å². The van der Waals surface area contributed by atoms with E-state index in [0.29, 0.717) is 33.9 Å². The van der Waals surface area contributed by atoms with Crippen molar-refractivity contribution in [1.82, 2.24) is 20.1 Å². The smallest absolute Gasteiger partial charge is 0.318 e. The molecule has 0 amide bonds. The van der Waals surface area contributed by atoms with Crippen LogP contribution in [0.2, 0.25) is 0 Å². The van der Waals surface area contributed by atoms with Gasteiger partial charge in [0, 0.05) is 55.6 Å². The molecule has 1 aliphatic heterocycles. The fourth-order valence-electron chi connectivity index (χ4n) is 4.20. The van der Waals surface area contributed by atoms with Gasteiger partial charge in [0.2, 0.25) is 5.89 Å². The Bertz CT molecular complexity index is 1370. The van der Waals surface area contributed by atoms with Gasteiger partial charge in [-0.3, -0.25) is 9.69 Å². The van der Waals surface area contributed by atoms with E-state index in [-0.39, 0.29) is 5.56 Å². The second kappa shape index (κ2) is 8.88. The monoisotopic (exact) mass is 440 g/mol. The summed E-state index contributed by atoms with van der Waals surface area (Å²) >= 11 is 0. The fourth-order valence-corrected chi connectivity index (χ4v) is 4.20. The van der Waals surface area contributed by atoms with Crippen molar-refractivity contribution in [2.45, 2.75) is 19.9 Å². The zero-order valence-electron chi connectivity index (χ0n) is 18.4. The van der Waals surface area contributed by atoms with Crippen LogP contribution in [0.25, 0.3) is 22.0 Å². The van der Waals surface area contributed by atoms with Crippen LogP contribution in [0.4, 0.5) is 6.01 Å². The number of nitrogens with one attached hydrogen (secondary N) is 1. The van der Waals surface area contributed by atoms with Crippen molar-refractivity contribution in [2.24, 2.45) is 0 Å². The Morgan fingerprint density at radius 2 is 1.85 bits per heavy atom. The summed E-state index contributed by atoms with van der Waals surface area (Å²) < 4.78 is 5.67. The van der Waals surface area contributed by atoms with E-state index in [4.69, 9.17) is 4.42 Å². The number of benzene rings is 2. The molecule has 1 fully saturated rings. The molecule has 3 heterocycles. The van der Waals surface area contributed by atoms with Gasteiger partial charge in [0.1, 0.15) is 0 Å². The average Bonchev–Trinajstić information content (AvgIpc) is 3.34. The SMILES string of the molecule is CCc1nnc(N2CCN(Cc3ccc(-c4cc5c(C#N)cccc5c(=O)[nH]4)cc3)CC2)o1. The molecule has 1 aliphatic rings. The molecule has 0 bridgehead atoms. The van der Waals surface area contributed by atoms with Crippen molar-refractivity contribution < 1.29 is 4.42 Å². The highest BCUT2D eigenvalue weighted by atomic mass is 16.4.